The number of hydrogen-bond donors (Lipinski definition) is 1. The van der Waals surface area contributed by atoms with Gasteiger partial charge >= 0.3 is 0 Å². The maximum absolute atomic E-state index is 13.4. The summed E-state index contributed by atoms with van der Waals surface area (Å²) in [5.74, 6) is -1.11. The fourth-order valence-electron chi connectivity index (χ4n) is 3.41. The normalized spacial score (nSPS) is 15.4. The fourth-order valence-corrected chi connectivity index (χ4v) is 3.84. The maximum Gasteiger partial charge on any atom is 0.276 e. The van der Waals surface area contributed by atoms with Crippen LogP contribution in [-0.2, 0) is 9.53 Å². The summed E-state index contributed by atoms with van der Waals surface area (Å²) in [5, 5.41) is 8.43. The van der Waals surface area contributed by atoms with Crippen LogP contribution in [0.4, 0.5) is 4.39 Å². The number of amides is 2. The van der Waals surface area contributed by atoms with Gasteiger partial charge in [0.25, 0.3) is 5.91 Å². The molecule has 2 amide bonds. The highest BCUT2D eigenvalue weighted by Gasteiger charge is 2.34. The van der Waals surface area contributed by atoms with Crippen molar-refractivity contribution in [3.8, 4) is 0 Å². The van der Waals surface area contributed by atoms with Crippen molar-refractivity contribution in [2.45, 2.75) is 37.8 Å². The monoisotopic (exact) mass is 406 g/mol. The van der Waals surface area contributed by atoms with Crippen molar-refractivity contribution in [3.63, 3.8) is 0 Å². The van der Waals surface area contributed by atoms with E-state index in [9.17, 15) is 14.0 Å². The number of nitrogens with zero attached hydrogens (tertiary/aromatic N) is 3. The summed E-state index contributed by atoms with van der Waals surface area (Å²) >= 11 is 1.06. The molecule has 1 saturated carbocycles. The van der Waals surface area contributed by atoms with E-state index in [1.807, 2.05) is 0 Å². The molecule has 1 fully saturated rings. The number of halogens is 1. The third-order valence-corrected chi connectivity index (χ3v) is 5.33. The minimum absolute atomic E-state index is 0.0933. The van der Waals surface area contributed by atoms with E-state index in [4.69, 9.17) is 4.74 Å². The summed E-state index contributed by atoms with van der Waals surface area (Å²) < 4.78 is 22.3. The largest absolute Gasteiger partial charge is 0.383 e. The smallest absolute Gasteiger partial charge is 0.276 e. The van der Waals surface area contributed by atoms with Gasteiger partial charge in [-0.3, -0.25) is 9.59 Å². The van der Waals surface area contributed by atoms with Gasteiger partial charge in [0, 0.05) is 25.1 Å². The van der Waals surface area contributed by atoms with Crippen LogP contribution in [0, 0.1) is 5.82 Å². The van der Waals surface area contributed by atoms with Gasteiger partial charge in [0.15, 0.2) is 5.69 Å². The lowest BCUT2D eigenvalue weighted by atomic mass is 10.0. The van der Waals surface area contributed by atoms with E-state index in [1.165, 1.54) is 36.3 Å². The Balaban J connectivity index is 1.93. The first-order valence-corrected chi connectivity index (χ1v) is 10.1. The zero-order valence-electron chi connectivity index (χ0n) is 15.6. The second-order valence-corrected chi connectivity index (χ2v) is 7.34. The van der Waals surface area contributed by atoms with Crippen LogP contribution in [0.15, 0.2) is 29.6 Å². The van der Waals surface area contributed by atoms with Crippen molar-refractivity contribution in [1.82, 2.24) is 19.8 Å². The van der Waals surface area contributed by atoms with Gasteiger partial charge in [-0.15, -0.1) is 5.10 Å². The molecule has 0 unspecified atom stereocenters. The molecule has 0 bridgehead atoms. The topological polar surface area (TPSA) is 84.4 Å². The van der Waals surface area contributed by atoms with Gasteiger partial charge < -0.3 is 15.0 Å². The number of methoxy groups -OCH3 is 1. The minimum atomic E-state index is -0.912. The van der Waals surface area contributed by atoms with Crippen LogP contribution in [0.2, 0.25) is 0 Å². The van der Waals surface area contributed by atoms with E-state index >= 15 is 0 Å². The van der Waals surface area contributed by atoms with Gasteiger partial charge in [0.1, 0.15) is 11.9 Å². The lowest BCUT2D eigenvalue weighted by Crippen LogP contribution is -2.47. The molecular formula is C19H23FN4O3S. The Morgan fingerprint density at radius 1 is 1.32 bits per heavy atom. The molecule has 1 N–H and O–H groups in total. The van der Waals surface area contributed by atoms with Gasteiger partial charge in [-0.25, -0.2) is 4.39 Å². The van der Waals surface area contributed by atoms with Gasteiger partial charge in [0.05, 0.1) is 6.61 Å². The molecule has 28 heavy (non-hydrogen) atoms. The van der Waals surface area contributed by atoms with Crippen molar-refractivity contribution in [3.05, 3.63) is 46.7 Å². The van der Waals surface area contributed by atoms with Gasteiger partial charge in [-0.05, 0) is 42.1 Å². The predicted octanol–water partition coefficient (Wildman–Crippen LogP) is 2.57. The van der Waals surface area contributed by atoms with Crippen LogP contribution in [0.25, 0.3) is 0 Å². The fraction of sp³-hybridized carbons (Fsp3) is 0.474. The zero-order valence-corrected chi connectivity index (χ0v) is 16.5. The molecule has 9 heteroatoms. The highest BCUT2D eigenvalue weighted by Crippen LogP contribution is 2.25. The molecule has 1 aromatic heterocycles. The second-order valence-electron chi connectivity index (χ2n) is 6.73. The molecule has 0 radical (unpaired) electrons. The quantitative estimate of drug-likeness (QED) is 0.728. The number of hydrogen-bond acceptors (Lipinski definition) is 6. The number of carbonyl (C=O) groups is 2. The third kappa shape index (κ3) is 4.90. The van der Waals surface area contributed by atoms with E-state index < -0.39 is 17.8 Å². The Hall–Kier alpha value is -2.39. The molecule has 0 spiro atoms. The van der Waals surface area contributed by atoms with Crippen LogP contribution in [0.3, 0.4) is 0 Å². The van der Waals surface area contributed by atoms with Crippen LogP contribution in [-0.4, -0.2) is 52.6 Å². The van der Waals surface area contributed by atoms with Crippen molar-refractivity contribution < 1.29 is 18.7 Å². The first kappa shape index (κ1) is 20.3. The summed E-state index contributed by atoms with van der Waals surface area (Å²) in [6.07, 6.45) is 3.99. The minimum Gasteiger partial charge on any atom is -0.383 e. The lowest BCUT2D eigenvalue weighted by Gasteiger charge is -2.31. The molecular weight excluding hydrogens is 383 g/mol. The van der Waals surface area contributed by atoms with E-state index in [2.05, 4.69) is 14.9 Å². The van der Waals surface area contributed by atoms with Crippen LogP contribution < -0.4 is 5.32 Å². The average molecular weight is 406 g/mol. The summed E-state index contributed by atoms with van der Waals surface area (Å²) in [6.45, 7) is 0.435. The van der Waals surface area contributed by atoms with Gasteiger partial charge in [0.2, 0.25) is 5.91 Å². The lowest BCUT2D eigenvalue weighted by molar-refractivity contribution is -0.126. The molecule has 3 rings (SSSR count). The summed E-state index contributed by atoms with van der Waals surface area (Å²) in [4.78, 5) is 27.7. The average Bonchev–Trinajstić information content (AvgIpc) is 3.39. The van der Waals surface area contributed by atoms with E-state index in [0.29, 0.717) is 5.56 Å². The Labute approximate surface area is 167 Å². The molecule has 0 saturated heterocycles. The molecule has 1 aliphatic rings. The predicted molar refractivity (Wildman–Crippen MR) is 102 cm³/mol. The highest BCUT2D eigenvalue weighted by molar-refractivity contribution is 7.03. The van der Waals surface area contributed by atoms with Crippen LogP contribution in [0.1, 0.15) is 47.8 Å². The zero-order chi connectivity index (χ0) is 19.9. The molecule has 1 heterocycles. The van der Waals surface area contributed by atoms with Gasteiger partial charge in [-0.1, -0.05) is 29.5 Å². The molecule has 150 valence electrons. The SMILES string of the molecule is COCCN(C(=O)c1csnn1)[C@@H](C(=O)NC1CCCC1)c1ccc(F)cc1. The van der Waals surface area contributed by atoms with Crippen molar-refractivity contribution in [2.75, 3.05) is 20.3 Å². The van der Waals surface area contributed by atoms with E-state index in [-0.39, 0.29) is 30.8 Å². The number of nitrogens with one attached hydrogen (secondary N) is 1. The Kier molecular flexibility index (Phi) is 7.05. The standard InChI is InChI=1S/C19H23FN4O3S/c1-27-11-10-24(19(26)16-12-28-23-22-16)17(13-6-8-14(20)9-7-13)18(25)21-15-4-2-3-5-15/h6-9,12,15,17H,2-5,10-11H2,1H3,(H,21,25)/t17-/m1/s1. The first-order chi connectivity index (χ1) is 13.6. The maximum atomic E-state index is 13.4. The first-order valence-electron chi connectivity index (χ1n) is 9.23. The number of aromatic nitrogens is 2. The van der Waals surface area contributed by atoms with Crippen molar-refractivity contribution in [1.29, 1.82) is 0 Å². The van der Waals surface area contributed by atoms with Crippen LogP contribution >= 0.6 is 11.5 Å². The number of rotatable bonds is 8. The van der Waals surface area contributed by atoms with E-state index in [0.717, 1.165) is 37.2 Å². The molecule has 1 atom stereocenters. The third-order valence-electron chi connectivity index (χ3n) is 4.82. The highest BCUT2D eigenvalue weighted by atomic mass is 32.1. The number of carbonyl (C=O) groups excluding carboxylic acids is 2. The Bertz CT molecular complexity index is 779. The number of benzene rings is 1. The number of ether oxygens (including phenoxy) is 1. The Morgan fingerprint density at radius 2 is 2.04 bits per heavy atom. The second kappa shape index (κ2) is 9.70. The van der Waals surface area contributed by atoms with Crippen molar-refractivity contribution >= 4 is 23.3 Å². The van der Waals surface area contributed by atoms with E-state index in [1.54, 1.807) is 5.38 Å². The molecule has 2 aromatic rings. The van der Waals surface area contributed by atoms with Gasteiger partial charge in [-0.2, -0.15) is 0 Å². The van der Waals surface area contributed by atoms with Crippen LogP contribution in [0.5, 0.6) is 0 Å². The molecule has 7 nitrogen and oxygen atoms in total. The Morgan fingerprint density at radius 3 is 2.64 bits per heavy atom. The molecule has 1 aromatic carbocycles. The summed E-state index contributed by atoms with van der Waals surface area (Å²) in [6, 6.07) is 4.81. The summed E-state index contributed by atoms with van der Waals surface area (Å²) in [5.41, 5.74) is 0.700. The molecule has 1 aliphatic carbocycles. The van der Waals surface area contributed by atoms with Crippen molar-refractivity contribution in [2.24, 2.45) is 0 Å². The summed E-state index contributed by atoms with van der Waals surface area (Å²) in [7, 11) is 1.53. The molecule has 0 aliphatic heterocycles.